The van der Waals surface area contributed by atoms with Crippen LogP contribution in [0.5, 0.6) is 0 Å². The van der Waals surface area contributed by atoms with Crippen molar-refractivity contribution in [1.29, 1.82) is 0 Å². The van der Waals surface area contributed by atoms with Crippen LogP contribution in [0.4, 0.5) is 0 Å². The fourth-order valence-corrected chi connectivity index (χ4v) is 7.74. The summed E-state index contributed by atoms with van der Waals surface area (Å²) in [6.45, 7) is 14.6. The molecule has 2 N–H and O–H groups in total. The summed E-state index contributed by atoms with van der Waals surface area (Å²) in [6, 6.07) is 0. The van der Waals surface area contributed by atoms with E-state index < -0.39 is 0 Å². The lowest BCUT2D eigenvalue weighted by molar-refractivity contribution is -0.145. The molecule has 0 saturated carbocycles. The van der Waals surface area contributed by atoms with Gasteiger partial charge in [-0.1, -0.05) is 143 Å². The van der Waals surface area contributed by atoms with E-state index in [1.54, 1.807) is 0 Å². The first-order chi connectivity index (χ1) is 27.4. The average molecular weight is 792 g/mol. The third kappa shape index (κ3) is 28.3. The van der Waals surface area contributed by atoms with Crippen LogP contribution in [0.2, 0.25) is 0 Å². The Kier molecular flexibility index (Phi) is 34.4. The zero-order valence-electron chi connectivity index (χ0n) is 37.3. The fraction of sp³-hybridized carbons (Fsp3) is 0.894. The van der Waals surface area contributed by atoms with E-state index in [2.05, 4.69) is 43.2 Å². The molecule has 328 valence electrons. The van der Waals surface area contributed by atoms with Crippen LogP contribution in [-0.2, 0) is 28.6 Å². The molecular weight excluding hydrogens is 703 g/mol. The normalized spacial score (nSPS) is 13.3. The molecule has 0 aromatic rings. The van der Waals surface area contributed by atoms with Gasteiger partial charge in [-0.25, -0.2) is 0 Å². The first-order valence-electron chi connectivity index (χ1n) is 23.7. The molecule has 1 aliphatic heterocycles. The van der Waals surface area contributed by atoms with Crippen molar-refractivity contribution in [3.8, 4) is 0 Å². The molecule has 1 heterocycles. The van der Waals surface area contributed by atoms with Gasteiger partial charge in [-0.15, -0.1) is 0 Å². The Balaban J connectivity index is 2.35. The van der Waals surface area contributed by atoms with E-state index in [0.29, 0.717) is 50.2 Å². The van der Waals surface area contributed by atoms with Gasteiger partial charge in [0.2, 0.25) is 5.78 Å². The maximum absolute atomic E-state index is 12.4. The third-order valence-electron chi connectivity index (χ3n) is 11.5. The van der Waals surface area contributed by atoms with Crippen molar-refractivity contribution in [1.82, 2.24) is 15.5 Å². The molecule has 1 rings (SSSR count). The Hall–Kier alpha value is -2.13. The number of hydrogen-bond acceptors (Lipinski definition) is 9. The number of carbonyl (C=O) groups excluding carboxylic acids is 3. The molecule has 0 bridgehead atoms. The first-order valence-corrected chi connectivity index (χ1v) is 23.7. The van der Waals surface area contributed by atoms with Gasteiger partial charge in [0, 0.05) is 26.4 Å². The van der Waals surface area contributed by atoms with Crippen LogP contribution >= 0.6 is 0 Å². The standard InChI is InChI=1S/C47H89N3O6/c1-6-10-25-41(26-11-7-2)31-37-55-45(52)29-20-16-14-18-22-34-50(36-24-33-49-47-43(48-5)39-54-40-44(47)51)35-23-19-15-17-21-30-46(53)56-38-32-42(27-12-8-3)28-13-9-4/h41-42,48-49H,6-40H2,1-5H3. The minimum absolute atomic E-state index is 0.0101. The molecule has 1 aliphatic rings. The van der Waals surface area contributed by atoms with Gasteiger partial charge in [0.25, 0.3) is 0 Å². The first kappa shape index (κ1) is 51.9. The van der Waals surface area contributed by atoms with E-state index in [-0.39, 0.29) is 24.3 Å². The van der Waals surface area contributed by atoms with E-state index in [1.165, 1.54) is 89.9 Å². The van der Waals surface area contributed by atoms with E-state index >= 15 is 0 Å². The van der Waals surface area contributed by atoms with Crippen LogP contribution in [0.25, 0.3) is 0 Å². The molecule has 0 spiro atoms. The summed E-state index contributed by atoms with van der Waals surface area (Å²) in [5.41, 5.74) is 1.50. The second-order valence-electron chi connectivity index (χ2n) is 16.5. The average Bonchev–Trinajstić information content (AvgIpc) is 3.20. The van der Waals surface area contributed by atoms with Crippen LogP contribution in [0.3, 0.4) is 0 Å². The minimum atomic E-state index is -0.0291. The van der Waals surface area contributed by atoms with Crippen molar-refractivity contribution in [2.45, 2.75) is 201 Å². The van der Waals surface area contributed by atoms with Crippen LogP contribution in [0.15, 0.2) is 11.4 Å². The lowest BCUT2D eigenvalue weighted by Crippen LogP contribution is -2.36. The highest BCUT2D eigenvalue weighted by molar-refractivity contribution is 5.97. The van der Waals surface area contributed by atoms with Gasteiger partial charge in [0.15, 0.2) is 0 Å². The van der Waals surface area contributed by atoms with Crippen molar-refractivity contribution in [2.75, 3.05) is 59.7 Å². The van der Waals surface area contributed by atoms with Crippen LogP contribution in [-0.4, -0.2) is 82.3 Å². The number of esters is 2. The smallest absolute Gasteiger partial charge is 0.305 e. The van der Waals surface area contributed by atoms with Crippen molar-refractivity contribution < 1.29 is 28.6 Å². The van der Waals surface area contributed by atoms with Gasteiger partial charge in [0.1, 0.15) is 12.3 Å². The molecule has 0 atom stereocenters. The van der Waals surface area contributed by atoms with E-state index in [0.717, 1.165) is 103 Å². The number of Topliss-reactive ketones (excluding diaryl/α,β-unsaturated/α-hetero) is 1. The Morgan fingerprint density at radius 3 is 1.46 bits per heavy atom. The molecule has 0 aromatic heterocycles. The molecule has 0 saturated heterocycles. The molecule has 56 heavy (non-hydrogen) atoms. The van der Waals surface area contributed by atoms with Crippen molar-refractivity contribution in [2.24, 2.45) is 11.8 Å². The molecule has 0 amide bonds. The zero-order chi connectivity index (χ0) is 40.9. The quantitative estimate of drug-likeness (QED) is 0.0463. The van der Waals surface area contributed by atoms with Crippen molar-refractivity contribution >= 4 is 17.7 Å². The largest absolute Gasteiger partial charge is 0.466 e. The molecule has 0 aliphatic carbocycles. The van der Waals surface area contributed by atoms with Gasteiger partial charge < -0.3 is 29.7 Å². The number of ether oxygens (including phenoxy) is 3. The summed E-state index contributed by atoms with van der Waals surface area (Å²) >= 11 is 0. The number of carbonyl (C=O) groups is 3. The van der Waals surface area contributed by atoms with Crippen molar-refractivity contribution in [3.63, 3.8) is 0 Å². The highest BCUT2D eigenvalue weighted by Gasteiger charge is 2.20. The number of nitrogens with one attached hydrogen (secondary N) is 2. The zero-order valence-corrected chi connectivity index (χ0v) is 37.3. The number of rotatable bonds is 40. The molecular formula is C47H89N3O6. The van der Waals surface area contributed by atoms with Gasteiger partial charge in [0.05, 0.1) is 25.5 Å². The number of unbranched alkanes of at least 4 members (excludes halogenated alkanes) is 12. The summed E-state index contributed by atoms with van der Waals surface area (Å²) in [6.07, 6.45) is 30.0. The number of hydrogen-bond donors (Lipinski definition) is 2. The SMILES string of the molecule is CCCCC(CCCC)CCOC(=O)CCCCCCCN(CCCCCCCC(=O)OCCC(CCCC)CCCC)CCCNC1=C(NC)COCC1=O. The molecule has 0 aromatic carbocycles. The van der Waals surface area contributed by atoms with Crippen LogP contribution in [0.1, 0.15) is 201 Å². The maximum Gasteiger partial charge on any atom is 0.305 e. The summed E-state index contributed by atoms with van der Waals surface area (Å²) in [5.74, 6) is 1.34. The second kappa shape index (κ2) is 37.2. The van der Waals surface area contributed by atoms with E-state index in [1.807, 2.05) is 7.05 Å². The summed E-state index contributed by atoms with van der Waals surface area (Å²) in [5, 5.41) is 6.48. The molecule has 0 radical (unpaired) electrons. The summed E-state index contributed by atoms with van der Waals surface area (Å²) in [7, 11) is 1.83. The van der Waals surface area contributed by atoms with Gasteiger partial charge in [-0.2, -0.15) is 0 Å². The Morgan fingerprint density at radius 2 is 1.02 bits per heavy atom. The lowest BCUT2D eigenvalue weighted by atomic mass is 9.93. The summed E-state index contributed by atoms with van der Waals surface area (Å²) < 4.78 is 16.6. The molecule has 9 heteroatoms. The third-order valence-corrected chi connectivity index (χ3v) is 11.5. The predicted octanol–water partition coefficient (Wildman–Crippen LogP) is 10.8. The highest BCUT2D eigenvalue weighted by Crippen LogP contribution is 2.21. The monoisotopic (exact) mass is 792 g/mol. The Morgan fingerprint density at radius 1 is 0.589 bits per heavy atom. The van der Waals surface area contributed by atoms with Crippen LogP contribution < -0.4 is 10.6 Å². The van der Waals surface area contributed by atoms with Gasteiger partial charge in [-0.05, 0) is 76.4 Å². The van der Waals surface area contributed by atoms with E-state index in [9.17, 15) is 14.4 Å². The second-order valence-corrected chi connectivity index (χ2v) is 16.5. The summed E-state index contributed by atoms with van der Waals surface area (Å²) in [4.78, 5) is 39.7. The van der Waals surface area contributed by atoms with Crippen LogP contribution in [0, 0.1) is 11.8 Å². The Labute approximate surface area is 345 Å². The minimum Gasteiger partial charge on any atom is -0.466 e. The molecule has 0 fully saturated rings. The van der Waals surface area contributed by atoms with E-state index in [4.69, 9.17) is 14.2 Å². The lowest BCUT2D eigenvalue weighted by Gasteiger charge is -2.24. The topological polar surface area (TPSA) is 106 Å². The maximum atomic E-state index is 12.4. The fourth-order valence-electron chi connectivity index (χ4n) is 7.74. The highest BCUT2D eigenvalue weighted by atomic mass is 16.5. The molecule has 9 nitrogen and oxygen atoms in total. The molecule has 0 unspecified atom stereocenters. The number of likely N-dealkylation sites (N-methyl/N-ethyl adjacent to an activating group) is 1. The van der Waals surface area contributed by atoms with Gasteiger partial charge in [-0.3, -0.25) is 14.4 Å². The number of ketones is 1. The van der Waals surface area contributed by atoms with Gasteiger partial charge >= 0.3 is 11.9 Å². The predicted molar refractivity (Wildman–Crippen MR) is 233 cm³/mol. The number of nitrogens with zero attached hydrogens (tertiary/aromatic N) is 1. The Bertz CT molecular complexity index is 936. The van der Waals surface area contributed by atoms with Crippen molar-refractivity contribution in [3.05, 3.63) is 11.4 Å².